The van der Waals surface area contributed by atoms with E-state index in [-0.39, 0.29) is 29.7 Å². The van der Waals surface area contributed by atoms with E-state index >= 15 is 0 Å². The average Bonchev–Trinajstić information content (AvgIpc) is 3.54. The Balaban J connectivity index is 1.40. The van der Waals surface area contributed by atoms with Gasteiger partial charge in [0.05, 0.1) is 12.3 Å². The fourth-order valence-electron chi connectivity index (χ4n) is 5.31. The predicted octanol–water partition coefficient (Wildman–Crippen LogP) is 3.76. The number of rotatable bonds is 4. The lowest BCUT2D eigenvalue weighted by molar-refractivity contribution is -0.136. The summed E-state index contributed by atoms with van der Waals surface area (Å²) in [6, 6.07) is 13.3. The normalized spacial score (nSPS) is 23.3. The fraction of sp³-hybridized carbons (Fsp3) is 0.444. The van der Waals surface area contributed by atoms with E-state index in [0.717, 1.165) is 36.8 Å². The molecule has 2 fully saturated rings. The molecule has 5 rings (SSSR count). The maximum atomic E-state index is 13.5. The highest BCUT2D eigenvalue weighted by Gasteiger charge is 2.45. The molecule has 2 aromatic heterocycles. The number of fused-ring (bicyclic) bond motifs is 1. The standard InChI is InChI=1S/C27H31N5O3/c33-24(15-19-9-4-3-5-10-19)32-14-7-2-1-6-13-29-26(34)22-16-21(17-23(22)32)27-30-25(31-35-27)20-11-8-12-28-18-20/h3-5,8-12,18,21-23H,1-2,6-7,13-17H2,(H,29,34)/t21-,22-,23+/m0/s1. The van der Waals surface area contributed by atoms with Gasteiger partial charge >= 0.3 is 0 Å². The van der Waals surface area contributed by atoms with Crippen LogP contribution in [-0.4, -0.2) is 51.0 Å². The third-order valence-electron chi connectivity index (χ3n) is 7.12. The first-order chi connectivity index (χ1) is 17.2. The van der Waals surface area contributed by atoms with Crippen LogP contribution in [0.15, 0.2) is 59.4 Å². The molecule has 1 aliphatic carbocycles. The monoisotopic (exact) mass is 473 g/mol. The Morgan fingerprint density at radius 2 is 1.91 bits per heavy atom. The topological polar surface area (TPSA) is 101 Å². The Hall–Kier alpha value is -3.55. The van der Waals surface area contributed by atoms with Crippen molar-refractivity contribution in [2.45, 2.75) is 56.9 Å². The minimum atomic E-state index is -0.299. The molecule has 8 nitrogen and oxygen atoms in total. The second-order valence-electron chi connectivity index (χ2n) is 9.49. The first-order valence-corrected chi connectivity index (χ1v) is 12.5. The van der Waals surface area contributed by atoms with Crippen LogP contribution in [-0.2, 0) is 16.0 Å². The Morgan fingerprint density at radius 3 is 2.74 bits per heavy atom. The van der Waals surface area contributed by atoms with E-state index in [1.165, 1.54) is 0 Å². The molecule has 3 atom stereocenters. The molecule has 3 heterocycles. The number of carbonyl (C=O) groups excluding carboxylic acids is 2. The minimum Gasteiger partial charge on any atom is -0.356 e. The van der Waals surface area contributed by atoms with Crippen LogP contribution in [0.5, 0.6) is 0 Å². The van der Waals surface area contributed by atoms with Gasteiger partial charge in [0.2, 0.25) is 23.5 Å². The molecule has 1 saturated heterocycles. The maximum absolute atomic E-state index is 13.5. The Labute approximate surface area is 205 Å². The fourth-order valence-corrected chi connectivity index (χ4v) is 5.31. The minimum absolute atomic E-state index is 0.0175. The number of nitrogens with zero attached hydrogens (tertiary/aromatic N) is 4. The third kappa shape index (κ3) is 5.42. The van der Waals surface area contributed by atoms with Gasteiger partial charge in [-0.2, -0.15) is 4.98 Å². The molecule has 1 N–H and O–H groups in total. The van der Waals surface area contributed by atoms with Crippen molar-refractivity contribution in [3.05, 3.63) is 66.3 Å². The van der Waals surface area contributed by atoms with Crippen molar-refractivity contribution >= 4 is 11.8 Å². The zero-order valence-electron chi connectivity index (χ0n) is 19.8. The highest BCUT2D eigenvalue weighted by atomic mass is 16.5. The van der Waals surface area contributed by atoms with Crippen molar-refractivity contribution in [3.63, 3.8) is 0 Å². The second kappa shape index (κ2) is 10.8. The summed E-state index contributed by atoms with van der Waals surface area (Å²) in [7, 11) is 0. The summed E-state index contributed by atoms with van der Waals surface area (Å²) in [5.41, 5.74) is 1.77. The molecule has 0 unspecified atom stereocenters. The van der Waals surface area contributed by atoms with Gasteiger partial charge in [-0.05, 0) is 43.4 Å². The van der Waals surface area contributed by atoms with E-state index in [4.69, 9.17) is 4.52 Å². The third-order valence-corrected chi connectivity index (χ3v) is 7.12. The van der Waals surface area contributed by atoms with Crippen LogP contribution in [0.3, 0.4) is 0 Å². The number of pyridine rings is 1. The van der Waals surface area contributed by atoms with Crippen molar-refractivity contribution in [1.82, 2.24) is 25.3 Å². The zero-order valence-corrected chi connectivity index (χ0v) is 19.8. The number of amides is 2. The number of aromatic nitrogens is 3. The van der Waals surface area contributed by atoms with E-state index < -0.39 is 0 Å². The van der Waals surface area contributed by atoms with Crippen molar-refractivity contribution in [2.24, 2.45) is 5.92 Å². The molecule has 1 saturated carbocycles. The van der Waals surface area contributed by atoms with Crippen molar-refractivity contribution in [3.8, 4) is 11.4 Å². The van der Waals surface area contributed by atoms with Crippen LogP contribution >= 0.6 is 0 Å². The maximum Gasteiger partial charge on any atom is 0.230 e. The number of carbonyl (C=O) groups is 2. The van der Waals surface area contributed by atoms with Gasteiger partial charge in [-0.3, -0.25) is 14.6 Å². The molecule has 3 aromatic rings. The summed E-state index contributed by atoms with van der Waals surface area (Å²) in [6.07, 6.45) is 8.95. The SMILES string of the molecule is O=C1NCCCCCCN(C(=O)Cc2ccccc2)[C@@H]2C[C@@H](c3nc(-c4cccnc4)no3)C[C@H]12. The predicted molar refractivity (Wildman–Crippen MR) is 130 cm³/mol. The van der Waals surface area contributed by atoms with Crippen LogP contribution in [0, 0.1) is 5.92 Å². The molecule has 8 heteroatoms. The van der Waals surface area contributed by atoms with E-state index in [1.807, 2.05) is 47.4 Å². The van der Waals surface area contributed by atoms with Crippen LogP contribution in [0.2, 0.25) is 0 Å². The Kier molecular flexibility index (Phi) is 7.16. The van der Waals surface area contributed by atoms with Crippen LogP contribution in [0.1, 0.15) is 55.9 Å². The molecule has 182 valence electrons. The van der Waals surface area contributed by atoms with Crippen molar-refractivity contribution < 1.29 is 14.1 Å². The smallest absolute Gasteiger partial charge is 0.230 e. The van der Waals surface area contributed by atoms with Gasteiger partial charge in [0.15, 0.2) is 0 Å². The van der Waals surface area contributed by atoms with Gasteiger partial charge in [0.1, 0.15) is 0 Å². The molecular weight excluding hydrogens is 442 g/mol. The van der Waals surface area contributed by atoms with Crippen LogP contribution < -0.4 is 5.32 Å². The lowest BCUT2D eigenvalue weighted by atomic mass is 9.99. The molecule has 2 amide bonds. The van der Waals surface area contributed by atoms with Crippen molar-refractivity contribution in [2.75, 3.05) is 13.1 Å². The summed E-state index contributed by atoms with van der Waals surface area (Å²) >= 11 is 0. The van der Waals surface area contributed by atoms with Gasteiger partial charge in [-0.1, -0.05) is 48.3 Å². The molecule has 0 bridgehead atoms. The van der Waals surface area contributed by atoms with Gasteiger partial charge in [-0.25, -0.2) is 0 Å². The quantitative estimate of drug-likeness (QED) is 0.619. The van der Waals surface area contributed by atoms with E-state index in [1.54, 1.807) is 12.4 Å². The highest BCUT2D eigenvalue weighted by Crippen LogP contribution is 2.41. The summed E-state index contributed by atoms with van der Waals surface area (Å²) in [6.45, 7) is 1.34. The molecule has 1 aliphatic heterocycles. The number of nitrogens with one attached hydrogen (secondary N) is 1. The van der Waals surface area contributed by atoms with E-state index in [9.17, 15) is 9.59 Å². The summed E-state index contributed by atoms with van der Waals surface area (Å²) in [5, 5.41) is 7.26. The van der Waals surface area contributed by atoms with E-state index in [0.29, 0.717) is 44.1 Å². The summed E-state index contributed by atoms with van der Waals surface area (Å²) in [4.78, 5) is 37.5. The number of hydrogen-bond acceptors (Lipinski definition) is 6. The lowest BCUT2D eigenvalue weighted by Gasteiger charge is -2.33. The first kappa shape index (κ1) is 23.2. The molecule has 0 spiro atoms. The largest absolute Gasteiger partial charge is 0.356 e. The zero-order chi connectivity index (χ0) is 24.0. The second-order valence-corrected chi connectivity index (χ2v) is 9.49. The Morgan fingerprint density at radius 1 is 1.06 bits per heavy atom. The van der Waals surface area contributed by atoms with Gasteiger partial charge in [-0.15, -0.1) is 0 Å². The molecule has 1 aromatic carbocycles. The molecule has 35 heavy (non-hydrogen) atoms. The highest BCUT2D eigenvalue weighted by molar-refractivity contribution is 5.83. The summed E-state index contributed by atoms with van der Waals surface area (Å²) in [5.74, 6) is 0.718. The molecule has 0 radical (unpaired) electrons. The van der Waals surface area contributed by atoms with Gasteiger partial charge < -0.3 is 14.7 Å². The molecular formula is C27H31N5O3. The van der Waals surface area contributed by atoms with Gasteiger partial charge in [0.25, 0.3) is 0 Å². The van der Waals surface area contributed by atoms with Gasteiger partial charge in [0, 0.05) is 43.0 Å². The van der Waals surface area contributed by atoms with Crippen LogP contribution in [0.25, 0.3) is 11.4 Å². The number of benzene rings is 1. The lowest BCUT2D eigenvalue weighted by Crippen LogP contribution is -2.47. The van der Waals surface area contributed by atoms with Crippen LogP contribution in [0.4, 0.5) is 0 Å². The summed E-state index contributed by atoms with van der Waals surface area (Å²) < 4.78 is 5.64. The Bertz CT molecular complexity index is 1130. The number of hydrogen-bond donors (Lipinski definition) is 1. The van der Waals surface area contributed by atoms with Crippen molar-refractivity contribution in [1.29, 1.82) is 0 Å². The molecule has 2 aliphatic rings. The van der Waals surface area contributed by atoms with E-state index in [2.05, 4.69) is 20.4 Å². The average molecular weight is 474 g/mol. The first-order valence-electron chi connectivity index (χ1n) is 12.5.